The van der Waals surface area contributed by atoms with E-state index < -0.39 is 28.9 Å². The Morgan fingerprint density at radius 2 is 2.09 bits per heavy atom. The summed E-state index contributed by atoms with van der Waals surface area (Å²) in [6.07, 6.45) is -4.77. The van der Waals surface area contributed by atoms with Crippen LogP contribution in [0.4, 0.5) is 13.2 Å². The zero-order valence-electron chi connectivity index (χ0n) is 12.1. The van der Waals surface area contributed by atoms with Crippen molar-refractivity contribution < 1.29 is 27.8 Å². The molecule has 9 heteroatoms. The predicted octanol–water partition coefficient (Wildman–Crippen LogP) is 3.55. The minimum Gasteiger partial charge on any atom is -0.497 e. The van der Waals surface area contributed by atoms with Crippen LogP contribution in [0.2, 0.25) is 5.02 Å². The van der Waals surface area contributed by atoms with E-state index >= 15 is 0 Å². The first-order chi connectivity index (χ1) is 10.7. The summed E-state index contributed by atoms with van der Waals surface area (Å²) in [6.45, 7) is 1.28. The lowest BCUT2D eigenvalue weighted by molar-refractivity contribution is -0.144. The average molecular weight is 349 g/mol. The zero-order valence-corrected chi connectivity index (χ0v) is 12.8. The van der Waals surface area contributed by atoms with E-state index in [4.69, 9.17) is 16.3 Å². The van der Waals surface area contributed by atoms with Gasteiger partial charge in [-0.15, -0.1) is 0 Å². The summed E-state index contributed by atoms with van der Waals surface area (Å²) in [6, 6.07) is 4.55. The van der Waals surface area contributed by atoms with Gasteiger partial charge < -0.3 is 9.84 Å². The molecule has 124 valence electrons. The highest BCUT2D eigenvalue weighted by molar-refractivity contribution is 6.32. The molecule has 1 heterocycles. The third-order valence-corrected chi connectivity index (χ3v) is 3.69. The van der Waals surface area contributed by atoms with Crippen LogP contribution in [0.1, 0.15) is 23.0 Å². The Morgan fingerprint density at radius 3 is 2.57 bits per heavy atom. The second-order valence-corrected chi connectivity index (χ2v) is 5.09. The molecule has 0 spiro atoms. The Labute approximate surface area is 134 Å². The van der Waals surface area contributed by atoms with Gasteiger partial charge in [0.1, 0.15) is 5.75 Å². The standard InChI is InChI=1S/C14H12ClF3N2O3/c1-7-10(15)12(14(16,17)18)19-20(7)11(13(21)22)8-4-3-5-9(6-8)23-2/h3-6,11H,1-2H3,(H,21,22). The van der Waals surface area contributed by atoms with E-state index in [2.05, 4.69) is 5.10 Å². The van der Waals surface area contributed by atoms with Crippen LogP contribution in [0.15, 0.2) is 24.3 Å². The predicted molar refractivity (Wildman–Crippen MR) is 75.7 cm³/mol. The van der Waals surface area contributed by atoms with Crippen LogP contribution in [0.3, 0.4) is 0 Å². The summed E-state index contributed by atoms with van der Waals surface area (Å²) in [5, 5.41) is 12.2. The van der Waals surface area contributed by atoms with E-state index in [0.29, 0.717) is 5.75 Å². The summed E-state index contributed by atoms with van der Waals surface area (Å²) in [5.41, 5.74) is -1.19. The number of halogens is 4. The molecule has 0 saturated carbocycles. The van der Waals surface area contributed by atoms with Crippen LogP contribution < -0.4 is 4.74 Å². The zero-order chi connectivity index (χ0) is 17.4. The van der Waals surface area contributed by atoms with E-state index in [9.17, 15) is 23.1 Å². The van der Waals surface area contributed by atoms with Crippen molar-refractivity contribution in [3.63, 3.8) is 0 Å². The Bertz CT molecular complexity index is 743. The minimum absolute atomic E-state index is 0.0887. The highest BCUT2D eigenvalue weighted by Gasteiger charge is 2.40. The molecule has 0 bridgehead atoms. The van der Waals surface area contributed by atoms with E-state index in [1.54, 1.807) is 6.07 Å². The summed E-state index contributed by atoms with van der Waals surface area (Å²) in [7, 11) is 1.40. The Morgan fingerprint density at radius 1 is 1.43 bits per heavy atom. The van der Waals surface area contributed by atoms with Crippen LogP contribution in [-0.2, 0) is 11.0 Å². The summed E-state index contributed by atoms with van der Waals surface area (Å²) < 4.78 is 44.5. The number of alkyl halides is 3. The lowest BCUT2D eigenvalue weighted by Gasteiger charge is -2.16. The number of carboxylic acids is 1. The lowest BCUT2D eigenvalue weighted by Crippen LogP contribution is -2.23. The van der Waals surface area contributed by atoms with Gasteiger partial charge in [0.05, 0.1) is 17.8 Å². The van der Waals surface area contributed by atoms with Gasteiger partial charge in [-0.2, -0.15) is 18.3 Å². The maximum atomic E-state index is 12.9. The maximum Gasteiger partial charge on any atom is 0.436 e. The summed E-state index contributed by atoms with van der Waals surface area (Å²) in [4.78, 5) is 11.6. The molecule has 0 aliphatic heterocycles. The van der Waals surface area contributed by atoms with Gasteiger partial charge >= 0.3 is 12.1 Å². The fourth-order valence-electron chi connectivity index (χ4n) is 2.13. The molecule has 0 saturated heterocycles. The number of hydrogen-bond donors (Lipinski definition) is 1. The Balaban J connectivity index is 2.61. The van der Waals surface area contributed by atoms with E-state index in [-0.39, 0.29) is 11.3 Å². The van der Waals surface area contributed by atoms with Gasteiger partial charge in [-0.1, -0.05) is 23.7 Å². The first-order valence-corrected chi connectivity index (χ1v) is 6.73. The molecule has 2 aromatic rings. The number of methoxy groups -OCH3 is 1. The summed E-state index contributed by atoms with van der Waals surface area (Å²) in [5.74, 6) is -0.991. The number of ether oxygens (including phenoxy) is 1. The molecule has 1 atom stereocenters. The average Bonchev–Trinajstić information content (AvgIpc) is 2.76. The largest absolute Gasteiger partial charge is 0.497 e. The third-order valence-electron chi connectivity index (χ3n) is 3.23. The topological polar surface area (TPSA) is 64.3 Å². The van der Waals surface area contributed by atoms with Gasteiger partial charge in [0.2, 0.25) is 0 Å². The fraction of sp³-hybridized carbons (Fsp3) is 0.286. The van der Waals surface area contributed by atoms with Crippen LogP contribution in [0.5, 0.6) is 5.75 Å². The monoisotopic (exact) mass is 348 g/mol. The van der Waals surface area contributed by atoms with Crippen LogP contribution in [0.25, 0.3) is 0 Å². The number of nitrogens with zero attached hydrogens (tertiary/aromatic N) is 2. The van der Waals surface area contributed by atoms with Gasteiger partial charge in [0, 0.05) is 0 Å². The number of rotatable bonds is 4. The maximum absolute atomic E-state index is 12.9. The Hall–Kier alpha value is -2.22. The van der Waals surface area contributed by atoms with Crippen LogP contribution >= 0.6 is 11.6 Å². The van der Waals surface area contributed by atoms with Crippen molar-refractivity contribution >= 4 is 17.6 Å². The number of aromatic nitrogens is 2. The van der Waals surface area contributed by atoms with Crippen molar-refractivity contribution in [3.05, 3.63) is 46.2 Å². The first kappa shape index (κ1) is 17.1. The smallest absolute Gasteiger partial charge is 0.436 e. The van der Waals surface area contributed by atoms with E-state index in [1.165, 1.54) is 32.2 Å². The van der Waals surface area contributed by atoms with Crippen molar-refractivity contribution in [2.24, 2.45) is 0 Å². The molecule has 1 unspecified atom stereocenters. The molecule has 0 aliphatic carbocycles. The number of aliphatic carboxylic acids is 1. The number of carbonyl (C=O) groups is 1. The highest BCUT2D eigenvalue weighted by Crippen LogP contribution is 2.37. The van der Waals surface area contributed by atoms with Gasteiger partial charge in [-0.25, -0.2) is 9.48 Å². The Kier molecular flexibility index (Phi) is 4.56. The number of carboxylic acid groups (broad SMARTS) is 1. The van der Waals surface area contributed by atoms with Crippen LogP contribution in [-0.4, -0.2) is 28.0 Å². The third kappa shape index (κ3) is 3.26. The second kappa shape index (κ2) is 6.11. The quantitative estimate of drug-likeness (QED) is 0.917. The van der Waals surface area contributed by atoms with Crippen LogP contribution in [0, 0.1) is 6.92 Å². The molecule has 2 rings (SSSR count). The van der Waals surface area contributed by atoms with Crippen molar-refractivity contribution in [1.82, 2.24) is 9.78 Å². The molecule has 0 aliphatic rings. The molecule has 0 fully saturated rings. The normalized spacial score (nSPS) is 13.0. The van der Waals surface area contributed by atoms with Crippen molar-refractivity contribution in [1.29, 1.82) is 0 Å². The second-order valence-electron chi connectivity index (χ2n) is 4.71. The molecule has 0 radical (unpaired) electrons. The first-order valence-electron chi connectivity index (χ1n) is 6.35. The fourth-order valence-corrected chi connectivity index (χ4v) is 2.36. The SMILES string of the molecule is COc1cccc(C(C(=O)O)n2nc(C(F)(F)F)c(Cl)c2C)c1. The molecule has 5 nitrogen and oxygen atoms in total. The lowest BCUT2D eigenvalue weighted by atomic mass is 10.1. The molecular formula is C14H12ClF3N2O3. The van der Waals surface area contributed by atoms with Gasteiger partial charge in [0.25, 0.3) is 0 Å². The van der Waals surface area contributed by atoms with Crippen molar-refractivity contribution in [2.75, 3.05) is 7.11 Å². The molecule has 0 amide bonds. The van der Waals surface area contributed by atoms with Crippen molar-refractivity contribution in [3.8, 4) is 5.75 Å². The summed E-state index contributed by atoms with van der Waals surface area (Å²) >= 11 is 5.67. The van der Waals surface area contributed by atoms with Gasteiger partial charge in [0.15, 0.2) is 11.7 Å². The van der Waals surface area contributed by atoms with Gasteiger partial charge in [-0.05, 0) is 24.6 Å². The van der Waals surface area contributed by atoms with Crippen molar-refractivity contribution in [2.45, 2.75) is 19.1 Å². The van der Waals surface area contributed by atoms with E-state index in [1.807, 2.05) is 0 Å². The molecule has 1 aromatic carbocycles. The number of benzene rings is 1. The molecule has 23 heavy (non-hydrogen) atoms. The number of hydrogen-bond acceptors (Lipinski definition) is 3. The molecular weight excluding hydrogens is 337 g/mol. The van der Waals surface area contributed by atoms with E-state index in [0.717, 1.165) is 4.68 Å². The highest BCUT2D eigenvalue weighted by atomic mass is 35.5. The van der Waals surface area contributed by atoms with Gasteiger partial charge in [-0.3, -0.25) is 0 Å². The minimum atomic E-state index is -4.77. The molecule has 1 N–H and O–H groups in total. The molecule has 1 aromatic heterocycles.